The van der Waals surface area contributed by atoms with Gasteiger partial charge in [0.1, 0.15) is 0 Å². The zero-order valence-electron chi connectivity index (χ0n) is 17.4. The number of hydrogen-bond acceptors (Lipinski definition) is 6. The third kappa shape index (κ3) is 4.18. The van der Waals surface area contributed by atoms with Crippen molar-refractivity contribution in [3.05, 3.63) is 35.9 Å². The summed E-state index contributed by atoms with van der Waals surface area (Å²) in [5.41, 5.74) is 2.89. The Kier molecular flexibility index (Phi) is 5.76. The number of aryl methyl sites for hydroxylation is 1. The quantitative estimate of drug-likeness (QED) is 0.541. The van der Waals surface area contributed by atoms with Crippen LogP contribution >= 0.6 is 11.8 Å². The molecule has 0 spiro atoms. The second-order valence-corrected chi connectivity index (χ2v) is 11.5. The molecule has 1 amide bonds. The summed E-state index contributed by atoms with van der Waals surface area (Å²) < 4.78 is 25.8. The normalized spacial score (nSPS) is 18.5. The number of para-hydroxylation sites is 1. The van der Waals surface area contributed by atoms with Gasteiger partial charge in [0.15, 0.2) is 20.6 Å². The Balaban J connectivity index is 1.58. The average molecular weight is 447 g/mol. The molecule has 0 saturated carbocycles. The molecular formula is C21H26N4O3S2. The molecule has 30 heavy (non-hydrogen) atoms. The molecule has 1 aliphatic rings. The molecule has 0 N–H and O–H groups in total. The first-order valence-electron chi connectivity index (χ1n) is 10.1. The molecule has 1 saturated heterocycles. The molecule has 1 fully saturated rings. The number of rotatable bonds is 6. The number of carbonyl (C=O) groups excluding carboxylic acids is 1. The van der Waals surface area contributed by atoms with Gasteiger partial charge < -0.3 is 4.90 Å². The molecule has 4 rings (SSSR count). The zero-order chi connectivity index (χ0) is 21.5. The van der Waals surface area contributed by atoms with Crippen LogP contribution in [-0.2, 0) is 14.6 Å². The van der Waals surface area contributed by atoms with Crippen molar-refractivity contribution in [3.63, 3.8) is 0 Å². The molecule has 160 valence electrons. The van der Waals surface area contributed by atoms with Crippen LogP contribution in [0.1, 0.15) is 25.8 Å². The van der Waals surface area contributed by atoms with Gasteiger partial charge in [0, 0.05) is 18.0 Å². The number of carbonyl (C=O) groups is 1. The highest BCUT2D eigenvalue weighted by Crippen LogP contribution is 2.27. The van der Waals surface area contributed by atoms with Crippen LogP contribution < -0.4 is 0 Å². The minimum absolute atomic E-state index is 0.0519. The van der Waals surface area contributed by atoms with Crippen molar-refractivity contribution in [2.75, 3.05) is 23.8 Å². The van der Waals surface area contributed by atoms with Crippen LogP contribution in [-0.4, -0.2) is 63.7 Å². The standard InChI is InChI=1S/C21H26N4O3S2/c1-14(2)11-24(16-8-9-30(27,28)13-16)20(26)12-29-21-23-22-19-10-15(3)17-6-4-5-7-18(17)25(19)21/h4-7,10,14,16H,8-9,11-13H2,1-3H3. The molecule has 0 aliphatic carbocycles. The summed E-state index contributed by atoms with van der Waals surface area (Å²) in [6.07, 6.45) is 0.517. The van der Waals surface area contributed by atoms with Gasteiger partial charge in [-0.1, -0.05) is 43.8 Å². The van der Waals surface area contributed by atoms with Gasteiger partial charge in [-0.05, 0) is 37.0 Å². The Morgan fingerprint density at radius 3 is 2.77 bits per heavy atom. The number of amides is 1. The van der Waals surface area contributed by atoms with Crippen LogP contribution in [0.2, 0.25) is 0 Å². The van der Waals surface area contributed by atoms with E-state index < -0.39 is 9.84 Å². The first kappa shape index (κ1) is 21.1. The minimum atomic E-state index is -3.05. The highest BCUT2D eigenvalue weighted by atomic mass is 32.2. The summed E-state index contributed by atoms with van der Waals surface area (Å²) in [6, 6.07) is 9.83. The van der Waals surface area contributed by atoms with Crippen molar-refractivity contribution < 1.29 is 13.2 Å². The summed E-state index contributed by atoms with van der Waals surface area (Å²) in [5.74, 6) is 0.638. The van der Waals surface area contributed by atoms with Crippen molar-refractivity contribution >= 4 is 44.1 Å². The smallest absolute Gasteiger partial charge is 0.233 e. The fraction of sp³-hybridized carbons (Fsp3) is 0.476. The average Bonchev–Trinajstić information content (AvgIpc) is 3.27. The van der Waals surface area contributed by atoms with Crippen LogP contribution in [0.5, 0.6) is 0 Å². The Bertz CT molecular complexity index is 1200. The Morgan fingerprint density at radius 2 is 2.07 bits per heavy atom. The molecular weight excluding hydrogens is 420 g/mol. The van der Waals surface area contributed by atoms with Gasteiger partial charge in [0.25, 0.3) is 0 Å². The number of hydrogen-bond donors (Lipinski definition) is 0. The van der Waals surface area contributed by atoms with Crippen LogP contribution in [0.15, 0.2) is 35.5 Å². The van der Waals surface area contributed by atoms with Crippen molar-refractivity contribution in [1.29, 1.82) is 0 Å². The molecule has 1 aliphatic heterocycles. The maximum Gasteiger partial charge on any atom is 0.233 e. The Morgan fingerprint density at radius 1 is 1.30 bits per heavy atom. The van der Waals surface area contributed by atoms with Gasteiger partial charge in [-0.15, -0.1) is 10.2 Å². The molecule has 1 atom stereocenters. The molecule has 7 nitrogen and oxygen atoms in total. The number of pyridine rings is 1. The lowest BCUT2D eigenvalue weighted by Gasteiger charge is -2.29. The summed E-state index contributed by atoms with van der Waals surface area (Å²) in [5, 5.41) is 10.4. The van der Waals surface area contributed by atoms with E-state index in [1.165, 1.54) is 11.8 Å². The van der Waals surface area contributed by atoms with Crippen LogP contribution in [0.25, 0.3) is 16.6 Å². The molecule has 3 aromatic rings. The number of sulfone groups is 1. The van der Waals surface area contributed by atoms with Crippen LogP contribution in [0.3, 0.4) is 0 Å². The van der Waals surface area contributed by atoms with Gasteiger partial charge >= 0.3 is 0 Å². The molecule has 1 unspecified atom stereocenters. The number of thioether (sulfide) groups is 1. The highest BCUT2D eigenvalue weighted by Gasteiger charge is 2.34. The number of fused-ring (bicyclic) bond motifs is 3. The van der Waals surface area contributed by atoms with E-state index in [0.717, 1.165) is 22.1 Å². The lowest BCUT2D eigenvalue weighted by molar-refractivity contribution is -0.130. The van der Waals surface area contributed by atoms with E-state index in [9.17, 15) is 13.2 Å². The first-order valence-corrected chi connectivity index (χ1v) is 12.9. The van der Waals surface area contributed by atoms with E-state index in [-0.39, 0.29) is 35.1 Å². The van der Waals surface area contributed by atoms with Crippen LogP contribution in [0.4, 0.5) is 0 Å². The summed E-state index contributed by atoms with van der Waals surface area (Å²) in [6.45, 7) is 6.68. The number of benzene rings is 1. The van der Waals surface area contributed by atoms with E-state index in [4.69, 9.17) is 0 Å². The predicted molar refractivity (Wildman–Crippen MR) is 120 cm³/mol. The van der Waals surface area contributed by atoms with Crippen LogP contribution in [0, 0.1) is 12.8 Å². The van der Waals surface area contributed by atoms with Gasteiger partial charge in [-0.25, -0.2) is 8.42 Å². The summed E-state index contributed by atoms with van der Waals surface area (Å²) >= 11 is 1.35. The van der Waals surface area contributed by atoms with E-state index >= 15 is 0 Å². The summed E-state index contributed by atoms with van der Waals surface area (Å²) in [4.78, 5) is 14.8. The van der Waals surface area contributed by atoms with E-state index in [2.05, 4.69) is 16.3 Å². The SMILES string of the molecule is Cc1cc2nnc(SCC(=O)N(CC(C)C)C3CCS(=O)(=O)C3)n2c2ccccc12. The van der Waals surface area contributed by atoms with Crippen molar-refractivity contribution in [2.45, 2.75) is 38.4 Å². The topological polar surface area (TPSA) is 84.6 Å². The second kappa shape index (κ2) is 8.19. The van der Waals surface area contributed by atoms with Gasteiger partial charge in [-0.2, -0.15) is 0 Å². The number of nitrogens with zero attached hydrogens (tertiary/aromatic N) is 4. The minimum Gasteiger partial charge on any atom is -0.338 e. The fourth-order valence-corrected chi connectivity index (χ4v) is 6.62. The Labute approximate surface area is 180 Å². The van der Waals surface area contributed by atoms with Gasteiger partial charge in [0.05, 0.1) is 22.8 Å². The number of aromatic nitrogens is 3. The molecule has 9 heteroatoms. The molecule has 0 bridgehead atoms. The fourth-order valence-electron chi connectivity index (χ4n) is 4.05. The Hall–Kier alpha value is -2.13. The molecule has 1 aromatic carbocycles. The van der Waals surface area contributed by atoms with E-state index in [1.807, 2.05) is 49.4 Å². The maximum atomic E-state index is 13.1. The maximum absolute atomic E-state index is 13.1. The second-order valence-electron chi connectivity index (χ2n) is 8.31. The molecule has 0 radical (unpaired) electrons. The predicted octanol–water partition coefficient (Wildman–Crippen LogP) is 2.95. The third-order valence-electron chi connectivity index (χ3n) is 5.43. The summed E-state index contributed by atoms with van der Waals surface area (Å²) in [7, 11) is -3.05. The monoisotopic (exact) mass is 446 g/mol. The first-order chi connectivity index (χ1) is 14.2. The molecule has 3 heterocycles. The zero-order valence-corrected chi connectivity index (χ0v) is 19.0. The van der Waals surface area contributed by atoms with Gasteiger partial charge in [-0.3, -0.25) is 9.20 Å². The van der Waals surface area contributed by atoms with E-state index in [0.29, 0.717) is 18.1 Å². The van der Waals surface area contributed by atoms with E-state index in [1.54, 1.807) is 4.90 Å². The molecule has 2 aromatic heterocycles. The van der Waals surface area contributed by atoms with Crippen molar-refractivity contribution in [2.24, 2.45) is 5.92 Å². The van der Waals surface area contributed by atoms with Crippen molar-refractivity contribution in [1.82, 2.24) is 19.5 Å². The van der Waals surface area contributed by atoms with Gasteiger partial charge in [0.2, 0.25) is 5.91 Å². The van der Waals surface area contributed by atoms with Crippen molar-refractivity contribution in [3.8, 4) is 0 Å². The highest BCUT2D eigenvalue weighted by molar-refractivity contribution is 7.99. The lowest BCUT2D eigenvalue weighted by Crippen LogP contribution is -2.44. The lowest BCUT2D eigenvalue weighted by atomic mass is 10.1. The largest absolute Gasteiger partial charge is 0.338 e. The third-order valence-corrected chi connectivity index (χ3v) is 8.09.